The van der Waals surface area contributed by atoms with Crippen LogP contribution in [0.4, 0.5) is 0 Å². The van der Waals surface area contributed by atoms with Crippen molar-refractivity contribution in [1.29, 1.82) is 0 Å². The van der Waals surface area contributed by atoms with Crippen LogP contribution in [0.5, 0.6) is 5.75 Å². The Morgan fingerprint density at radius 1 is 1.14 bits per heavy atom. The Hall–Kier alpha value is -3.12. The van der Waals surface area contributed by atoms with Gasteiger partial charge in [0.05, 0.1) is 12.3 Å². The number of carbonyl (C=O) groups is 1. The molecule has 1 N–H and O–H groups in total. The highest BCUT2D eigenvalue weighted by molar-refractivity contribution is 6.30. The lowest BCUT2D eigenvalue weighted by molar-refractivity contribution is 0.0943. The van der Waals surface area contributed by atoms with Crippen LogP contribution in [-0.4, -0.2) is 28.8 Å². The molecule has 0 atom stereocenters. The first-order valence-electron chi connectivity index (χ1n) is 9.29. The molecule has 3 aromatic rings. The summed E-state index contributed by atoms with van der Waals surface area (Å²) in [5.74, 6) is 0.258. The van der Waals surface area contributed by atoms with Gasteiger partial charge in [-0.25, -0.2) is 4.68 Å². The molecule has 7 heteroatoms. The maximum Gasteiger partial charge on any atom is 0.275 e. The fourth-order valence-corrected chi connectivity index (χ4v) is 3.08. The first-order chi connectivity index (χ1) is 14.0. The maximum absolute atomic E-state index is 12.4. The van der Waals surface area contributed by atoms with Crippen molar-refractivity contribution in [2.45, 2.75) is 20.3 Å². The monoisotopic (exact) mass is 411 g/mol. The first kappa shape index (κ1) is 20.6. The predicted octanol–water partition coefficient (Wildman–Crippen LogP) is 3.70. The molecule has 0 saturated carbocycles. The van der Waals surface area contributed by atoms with Gasteiger partial charge in [0.1, 0.15) is 5.75 Å². The maximum atomic E-state index is 12.4. The molecule has 150 valence electrons. The van der Waals surface area contributed by atoms with E-state index < -0.39 is 11.3 Å². The molecule has 0 bridgehead atoms. The zero-order valence-electron chi connectivity index (χ0n) is 16.3. The number of aryl methyl sites for hydroxylation is 2. The summed E-state index contributed by atoms with van der Waals surface area (Å²) in [6.45, 7) is 4.49. The van der Waals surface area contributed by atoms with E-state index in [1.165, 1.54) is 6.07 Å². The van der Waals surface area contributed by atoms with Gasteiger partial charge in [-0.3, -0.25) is 9.59 Å². The van der Waals surface area contributed by atoms with Gasteiger partial charge in [-0.2, -0.15) is 5.10 Å². The lowest BCUT2D eigenvalue weighted by atomic mass is 10.2. The zero-order valence-corrected chi connectivity index (χ0v) is 17.1. The lowest BCUT2D eigenvalue weighted by Crippen LogP contribution is -2.33. The molecule has 3 rings (SSSR count). The largest absolute Gasteiger partial charge is 0.493 e. The molecule has 0 unspecified atom stereocenters. The molecule has 0 spiro atoms. The lowest BCUT2D eigenvalue weighted by Gasteiger charge is -2.12. The highest BCUT2D eigenvalue weighted by Crippen LogP contribution is 2.21. The van der Waals surface area contributed by atoms with Gasteiger partial charge in [0.15, 0.2) is 5.69 Å². The van der Waals surface area contributed by atoms with Crippen molar-refractivity contribution in [3.8, 4) is 11.4 Å². The van der Waals surface area contributed by atoms with Crippen LogP contribution in [0.2, 0.25) is 5.02 Å². The van der Waals surface area contributed by atoms with Crippen molar-refractivity contribution in [2.75, 3.05) is 13.2 Å². The van der Waals surface area contributed by atoms with Crippen molar-refractivity contribution in [3.63, 3.8) is 0 Å². The van der Waals surface area contributed by atoms with E-state index >= 15 is 0 Å². The van der Waals surface area contributed by atoms with Crippen molar-refractivity contribution >= 4 is 17.5 Å². The van der Waals surface area contributed by atoms with E-state index in [2.05, 4.69) is 10.4 Å². The Kier molecular flexibility index (Phi) is 6.67. The molecule has 0 aliphatic rings. The Bertz CT molecular complexity index is 1060. The minimum absolute atomic E-state index is 0.131. The van der Waals surface area contributed by atoms with Crippen LogP contribution >= 0.6 is 11.6 Å². The number of carbonyl (C=O) groups excluding carboxylic acids is 1. The number of hydrogen-bond acceptors (Lipinski definition) is 4. The van der Waals surface area contributed by atoms with Crippen LogP contribution in [0, 0.1) is 13.8 Å². The minimum Gasteiger partial charge on any atom is -0.493 e. The average molecular weight is 412 g/mol. The Morgan fingerprint density at radius 3 is 2.62 bits per heavy atom. The van der Waals surface area contributed by atoms with Crippen molar-refractivity contribution in [1.82, 2.24) is 15.1 Å². The van der Waals surface area contributed by atoms with Gasteiger partial charge < -0.3 is 10.1 Å². The molecule has 0 radical (unpaired) electrons. The zero-order chi connectivity index (χ0) is 20.8. The Labute approximate surface area is 174 Å². The van der Waals surface area contributed by atoms with E-state index in [1.807, 2.05) is 49.4 Å². The van der Waals surface area contributed by atoms with Crippen LogP contribution in [0.3, 0.4) is 0 Å². The van der Waals surface area contributed by atoms with Crippen LogP contribution in [0.15, 0.2) is 59.4 Å². The number of benzene rings is 2. The topological polar surface area (TPSA) is 73.2 Å². The van der Waals surface area contributed by atoms with Crippen molar-refractivity contribution in [2.24, 2.45) is 0 Å². The summed E-state index contributed by atoms with van der Waals surface area (Å²) in [6, 6.07) is 16.2. The van der Waals surface area contributed by atoms with Gasteiger partial charge in [0, 0.05) is 23.3 Å². The third kappa shape index (κ3) is 5.23. The van der Waals surface area contributed by atoms with E-state index in [0.29, 0.717) is 30.3 Å². The molecular weight excluding hydrogens is 390 g/mol. The second-order valence-electron chi connectivity index (χ2n) is 6.61. The smallest absolute Gasteiger partial charge is 0.275 e. The number of amides is 1. The molecule has 29 heavy (non-hydrogen) atoms. The van der Waals surface area contributed by atoms with E-state index in [4.69, 9.17) is 16.3 Å². The van der Waals surface area contributed by atoms with Crippen molar-refractivity contribution in [3.05, 3.63) is 86.8 Å². The van der Waals surface area contributed by atoms with E-state index in [0.717, 1.165) is 17.0 Å². The second-order valence-corrected chi connectivity index (χ2v) is 7.05. The predicted molar refractivity (Wildman–Crippen MR) is 113 cm³/mol. The third-order valence-electron chi connectivity index (χ3n) is 4.32. The first-order valence-corrected chi connectivity index (χ1v) is 9.67. The summed E-state index contributed by atoms with van der Waals surface area (Å²) in [4.78, 5) is 24.7. The van der Waals surface area contributed by atoms with Crippen LogP contribution in [0.1, 0.15) is 28.2 Å². The fraction of sp³-hybridized carbons (Fsp3) is 0.227. The van der Waals surface area contributed by atoms with Gasteiger partial charge in [-0.05, 0) is 56.2 Å². The number of rotatable bonds is 7. The van der Waals surface area contributed by atoms with E-state index in [1.54, 1.807) is 17.7 Å². The third-order valence-corrected chi connectivity index (χ3v) is 4.56. The summed E-state index contributed by atoms with van der Waals surface area (Å²) in [5.41, 5.74) is 1.86. The molecule has 0 fully saturated rings. The number of aromatic nitrogens is 2. The number of nitrogens with one attached hydrogen (secondary N) is 1. The molecule has 6 nitrogen and oxygen atoms in total. The van der Waals surface area contributed by atoms with Crippen LogP contribution in [-0.2, 0) is 0 Å². The Balaban J connectivity index is 1.59. The number of ether oxygens (including phenoxy) is 1. The fourth-order valence-electron chi connectivity index (χ4n) is 2.85. The summed E-state index contributed by atoms with van der Waals surface area (Å²) >= 11 is 5.93. The summed E-state index contributed by atoms with van der Waals surface area (Å²) in [6.07, 6.45) is 0.590. The van der Waals surface area contributed by atoms with Gasteiger partial charge in [-0.15, -0.1) is 0 Å². The summed E-state index contributed by atoms with van der Waals surface area (Å²) in [7, 11) is 0. The molecule has 1 aromatic heterocycles. The highest BCUT2D eigenvalue weighted by Gasteiger charge is 2.14. The molecular formula is C22H22ClN3O3. The summed E-state index contributed by atoms with van der Waals surface area (Å²) < 4.78 is 7.29. The Morgan fingerprint density at radius 2 is 1.90 bits per heavy atom. The van der Waals surface area contributed by atoms with E-state index in [9.17, 15) is 9.59 Å². The van der Waals surface area contributed by atoms with E-state index in [-0.39, 0.29) is 5.69 Å². The normalized spacial score (nSPS) is 10.6. The molecule has 2 aromatic carbocycles. The van der Waals surface area contributed by atoms with Crippen LogP contribution < -0.4 is 15.5 Å². The SMILES string of the molecule is Cc1cc(Cl)ccc1OCCCNC(=O)c1nn(-c2ccccc2)c(C)cc1=O. The molecule has 0 aliphatic carbocycles. The number of nitrogens with zero attached hydrogens (tertiary/aromatic N) is 2. The molecule has 0 saturated heterocycles. The van der Waals surface area contributed by atoms with Gasteiger partial charge in [0.25, 0.3) is 5.91 Å². The highest BCUT2D eigenvalue weighted by atomic mass is 35.5. The minimum atomic E-state index is -0.498. The number of para-hydroxylation sites is 1. The standard InChI is InChI=1S/C22H22ClN3O3/c1-15-13-17(23)9-10-20(15)29-12-6-11-24-22(28)21-19(27)14-16(2)26(25-21)18-7-4-3-5-8-18/h3-5,7-10,13-14H,6,11-12H2,1-2H3,(H,24,28). The summed E-state index contributed by atoms with van der Waals surface area (Å²) in [5, 5.41) is 7.65. The van der Waals surface area contributed by atoms with Gasteiger partial charge in [0.2, 0.25) is 5.43 Å². The molecule has 1 heterocycles. The molecule has 1 amide bonds. The van der Waals surface area contributed by atoms with Crippen LogP contribution in [0.25, 0.3) is 5.69 Å². The second kappa shape index (κ2) is 9.39. The van der Waals surface area contributed by atoms with Gasteiger partial charge in [-0.1, -0.05) is 29.8 Å². The van der Waals surface area contributed by atoms with Crippen molar-refractivity contribution < 1.29 is 9.53 Å². The van der Waals surface area contributed by atoms with Gasteiger partial charge >= 0.3 is 0 Å². The average Bonchev–Trinajstić information content (AvgIpc) is 2.70. The quantitative estimate of drug-likeness (QED) is 0.601. The number of hydrogen-bond donors (Lipinski definition) is 1. The molecule has 0 aliphatic heterocycles. The number of halogens is 1.